The molecule has 4 heteroatoms. The molecule has 1 heterocycles. The van der Waals surface area contributed by atoms with Crippen LogP contribution < -0.4 is 15.4 Å². The molecule has 4 nitrogen and oxygen atoms in total. The van der Waals surface area contributed by atoms with Gasteiger partial charge in [-0.05, 0) is 43.6 Å². The average Bonchev–Trinajstić information content (AvgIpc) is 2.68. The fourth-order valence-corrected chi connectivity index (χ4v) is 3.27. The van der Waals surface area contributed by atoms with Crippen molar-refractivity contribution in [1.82, 2.24) is 4.90 Å². The van der Waals surface area contributed by atoms with Crippen LogP contribution in [0.2, 0.25) is 0 Å². The van der Waals surface area contributed by atoms with Gasteiger partial charge in [-0.2, -0.15) is 0 Å². The first-order valence-electron chi connectivity index (χ1n) is 9.30. The fourth-order valence-electron chi connectivity index (χ4n) is 3.27. The minimum absolute atomic E-state index is 0.608. The molecule has 1 aliphatic rings. The molecule has 0 bridgehead atoms. The molecule has 2 aromatic rings. The van der Waals surface area contributed by atoms with Crippen LogP contribution in [0.1, 0.15) is 18.4 Å². The highest BCUT2D eigenvalue weighted by Gasteiger charge is 2.19. The van der Waals surface area contributed by atoms with E-state index in [1.165, 1.54) is 17.7 Å². The predicted octanol–water partition coefficient (Wildman–Crippen LogP) is 3.13. The van der Waals surface area contributed by atoms with Crippen LogP contribution in [0.15, 0.2) is 54.6 Å². The van der Waals surface area contributed by atoms with E-state index in [4.69, 9.17) is 10.5 Å². The van der Waals surface area contributed by atoms with Crippen molar-refractivity contribution in [2.24, 2.45) is 5.73 Å². The molecule has 0 spiro atoms. The summed E-state index contributed by atoms with van der Waals surface area (Å²) >= 11 is 0. The number of hydrogen-bond donors (Lipinski definition) is 1. The molecule has 0 radical (unpaired) electrons. The summed E-state index contributed by atoms with van der Waals surface area (Å²) in [6.07, 6.45) is 2.32. The third-order valence-electron chi connectivity index (χ3n) is 4.74. The maximum atomic E-state index is 6.11. The molecule has 1 aliphatic heterocycles. The normalized spacial score (nSPS) is 15.3. The first-order valence-corrected chi connectivity index (χ1v) is 9.30. The summed E-state index contributed by atoms with van der Waals surface area (Å²) in [5, 5.41) is 0. The van der Waals surface area contributed by atoms with E-state index in [9.17, 15) is 0 Å². The van der Waals surface area contributed by atoms with Gasteiger partial charge in [0.25, 0.3) is 0 Å². The fraction of sp³-hybridized carbons (Fsp3) is 0.429. The van der Waals surface area contributed by atoms with Crippen molar-refractivity contribution in [3.8, 4) is 5.75 Å². The van der Waals surface area contributed by atoms with Crippen LogP contribution >= 0.6 is 0 Å². The summed E-state index contributed by atoms with van der Waals surface area (Å²) in [5.74, 6) is 0.975. The molecule has 0 unspecified atom stereocenters. The molecule has 25 heavy (non-hydrogen) atoms. The molecule has 0 amide bonds. The molecule has 1 fully saturated rings. The van der Waals surface area contributed by atoms with Crippen LogP contribution in [-0.4, -0.2) is 44.2 Å². The van der Waals surface area contributed by atoms with Crippen LogP contribution in [0, 0.1) is 0 Å². The molecule has 0 aliphatic carbocycles. The van der Waals surface area contributed by atoms with E-state index in [-0.39, 0.29) is 0 Å². The van der Waals surface area contributed by atoms with Gasteiger partial charge in [-0.15, -0.1) is 0 Å². The monoisotopic (exact) mass is 339 g/mol. The Kier molecular flexibility index (Phi) is 6.71. The smallest absolute Gasteiger partial charge is 0.143 e. The quantitative estimate of drug-likeness (QED) is 0.750. The Morgan fingerprint density at radius 2 is 1.56 bits per heavy atom. The van der Waals surface area contributed by atoms with Gasteiger partial charge < -0.3 is 15.4 Å². The van der Waals surface area contributed by atoms with E-state index < -0.39 is 0 Å². The SMILES string of the molecule is NCCCCN1CCN(c2ccccc2OCc2ccccc2)CC1. The van der Waals surface area contributed by atoms with Gasteiger partial charge in [0, 0.05) is 26.2 Å². The zero-order valence-corrected chi connectivity index (χ0v) is 14.9. The number of unbranched alkanes of at least 4 members (excludes halogenated alkanes) is 1. The second-order valence-corrected chi connectivity index (χ2v) is 6.57. The maximum absolute atomic E-state index is 6.11. The highest BCUT2D eigenvalue weighted by Crippen LogP contribution is 2.29. The van der Waals surface area contributed by atoms with Gasteiger partial charge in [0.05, 0.1) is 5.69 Å². The molecular formula is C21H29N3O. The summed E-state index contributed by atoms with van der Waals surface area (Å²) in [6.45, 7) is 6.89. The predicted molar refractivity (Wildman–Crippen MR) is 104 cm³/mol. The molecule has 1 saturated heterocycles. The lowest BCUT2D eigenvalue weighted by Gasteiger charge is -2.36. The molecule has 0 saturated carbocycles. The van der Waals surface area contributed by atoms with Crippen molar-refractivity contribution in [1.29, 1.82) is 0 Å². The molecule has 2 N–H and O–H groups in total. The lowest BCUT2D eigenvalue weighted by atomic mass is 10.2. The van der Waals surface area contributed by atoms with E-state index in [1.807, 2.05) is 12.1 Å². The van der Waals surface area contributed by atoms with Crippen LogP contribution in [-0.2, 0) is 6.61 Å². The number of rotatable bonds is 8. The van der Waals surface area contributed by atoms with Crippen molar-refractivity contribution < 1.29 is 4.74 Å². The number of nitrogens with zero attached hydrogens (tertiary/aromatic N) is 2. The molecule has 2 aromatic carbocycles. The van der Waals surface area contributed by atoms with Gasteiger partial charge in [0.2, 0.25) is 0 Å². The van der Waals surface area contributed by atoms with Gasteiger partial charge in [-0.3, -0.25) is 4.90 Å². The average molecular weight is 339 g/mol. The Labute approximate surface area is 151 Å². The number of anilines is 1. The molecule has 3 rings (SSSR count). The Hall–Kier alpha value is -2.04. The van der Waals surface area contributed by atoms with Crippen molar-refractivity contribution in [3.63, 3.8) is 0 Å². The van der Waals surface area contributed by atoms with Crippen molar-refractivity contribution in [2.75, 3.05) is 44.2 Å². The van der Waals surface area contributed by atoms with E-state index in [2.05, 4.69) is 52.3 Å². The van der Waals surface area contributed by atoms with Crippen LogP contribution in [0.4, 0.5) is 5.69 Å². The lowest BCUT2D eigenvalue weighted by molar-refractivity contribution is 0.251. The molecular weight excluding hydrogens is 310 g/mol. The van der Waals surface area contributed by atoms with Crippen LogP contribution in [0.3, 0.4) is 0 Å². The third kappa shape index (κ3) is 5.21. The molecule has 134 valence electrons. The van der Waals surface area contributed by atoms with E-state index >= 15 is 0 Å². The maximum Gasteiger partial charge on any atom is 0.143 e. The second kappa shape index (κ2) is 9.44. The zero-order chi connectivity index (χ0) is 17.3. The van der Waals surface area contributed by atoms with Gasteiger partial charge in [0.1, 0.15) is 12.4 Å². The standard InChI is InChI=1S/C21H29N3O/c22-12-6-7-13-23-14-16-24(17-15-23)20-10-4-5-11-21(20)25-18-19-8-2-1-3-9-19/h1-5,8-11H,6-7,12-18,22H2. The van der Waals surface area contributed by atoms with Crippen LogP contribution in [0.5, 0.6) is 5.75 Å². The Bertz CT molecular complexity index is 624. The summed E-state index contributed by atoms with van der Waals surface area (Å²) < 4.78 is 6.11. The van der Waals surface area contributed by atoms with Crippen molar-refractivity contribution in [2.45, 2.75) is 19.4 Å². The van der Waals surface area contributed by atoms with E-state index in [1.54, 1.807) is 0 Å². The Balaban J connectivity index is 1.56. The minimum atomic E-state index is 0.608. The number of piperazine rings is 1. The molecule has 0 aromatic heterocycles. The Morgan fingerprint density at radius 1 is 0.840 bits per heavy atom. The molecule has 0 atom stereocenters. The second-order valence-electron chi connectivity index (χ2n) is 6.57. The van der Waals surface area contributed by atoms with Gasteiger partial charge in [0.15, 0.2) is 0 Å². The van der Waals surface area contributed by atoms with Crippen molar-refractivity contribution in [3.05, 3.63) is 60.2 Å². The van der Waals surface area contributed by atoms with E-state index in [0.717, 1.165) is 51.4 Å². The van der Waals surface area contributed by atoms with Crippen LogP contribution in [0.25, 0.3) is 0 Å². The summed E-state index contributed by atoms with van der Waals surface area (Å²) in [6, 6.07) is 18.7. The van der Waals surface area contributed by atoms with Gasteiger partial charge >= 0.3 is 0 Å². The topological polar surface area (TPSA) is 41.7 Å². The van der Waals surface area contributed by atoms with E-state index in [0.29, 0.717) is 6.61 Å². The number of para-hydroxylation sites is 2. The largest absolute Gasteiger partial charge is 0.487 e. The Morgan fingerprint density at radius 3 is 2.32 bits per heavy atom. The summed E-state index contributed by atoms with van der Waals surface area (Å²) in [4.78, 5) is 4.99. The summed E-state index contributed by atoms with van der Waals surface area (Å²) in [7, 11) is 0. The highest BCUT2D eigenvalue weighted by atomic mass is 16.5. The van der Waals surface area contributed by atoms with Gasteiger partial charge in [-0.25, -0.2) is 0 Å². The van der Waals surface area contributed by atoms with Crippen molar-refractivity contribution >= 4 is 5.69 Å². The number of benzene rings is 2. The highest BCUT2D eigenvalue weighted by molar-refractivity contribution is 5.58. The first kappa shape index (κ1) is 17.8. The first-order chi connectivity index (χ1) is 12.4. The number of ether oxygens (including phenoxy) is 1. The number of hydrogen-bond acceptors (Lipinski definition) is 4. The minimum Gasteiger partial charge on any atom is -0.487 e. The zero-order valence-electron chi connectivity index (χ0n) is 14.9. The van der Waals surface area contributed by atoms with Gasteiger partial charge in [-0.1, -0.05) is 42.5 Å². The summed E-state index contributed by atoms with van der Waals surface area (Å²) in [5.41, 5.74) is 7.99. The third-order valence-corrected chi connectivity index (χ3v) is 4.74. The lowest BCUT2D eigenvalue weighted by Crippen LogP contribution is -2.46. The number of nitrogens with two attached hydrogens (primary N) is 1.